The van der Waals surface area contributed by atoms with E-state index in [1.54, 1.807) is 68.2 Å². The molecule has 0 unspecified atom stereocenters. The predicted molar refractivity (Wildman–Crippen MR) is 86.7 cm³/mol. The van der Waals surface area contributed by atoms with E-state index in [2.05, 4.69) is 4.98 Å². The summed E-state index contributed by atoms with van der Waals surface area (Å²) in [6, 6.07) is 6.97. The van der Waals surface area contributed by atoms with Crippen molar-refractivity contribution in [1.29, 1.82) is 0 Å². The summed E-state index contributed by atoms with van der Waals surface area (Å²) in [7, 11) is 0. The summed E-state index contributed by atoms with van der Waals surface area (Å²) in [5.74, 6) is 0.164. The average Bonchev–Trinajstić information content (AvgIpc) is 3.06. The number of carbonyl (C=O) groups is 2. The van der Waals surface area contributed by atoms with Crippen LogP contribution in [0.4, 0.5) is 4.79 Å². The number of hydrogen-bond donors (Lipinski definition) is 1. The van der Waals surface area contributed by atoms with Gasteiger partial charge in [-0.1, -0.05) is 0 Å². The van der Waals surface area contributed by atoms with Crippen molar-refractivity contribution in [2.24, 2.45) is 0 Å². The number of nitrogens with zero attached hydrogens (tertiary/aromatic N) is 1. The Morgan fingerprint density at radius 3 is 2.52 bits per heavy atom. The summed E-state index contributed by atoms with van der Waals surface area (Å²) >= 11 is 0. The van der Waals surface area contributed by atoms with E-state index in [-0.39, 0.29) is 11.5 Å². The Balaban J connectivity index is 2.32. The Kier molecular flexibility index (Phi) is 4.74. The van der Waals surface area contributed by atoms with Gasteiger partial charge in [-0.25, -0.2) is 4.79 Å². The molecule has 6 nitrogen and oxygen atoms in total. The van der Waals surface area contributed by atoms with Crippen molar-refractivity contribution in [2.45, 2.75) is 33.3 Å². The first-order valence-electron chi connectivity index (χ1n) is 7.20. The lowest BCUT2D eigenvalue weighted by molar-refractivity contribution is 0.0148. The summed E-state index contributed by atoms with van der Waals surface area (Å²) in [6.07, 6.45) is 4.17. The Morgan fingerprint density at radius 1 is 1.22 bits per heavy atom. The van der Waals surface area contributed by atoms with Gasteiger partial charge in [0.2, 0.25) is 0 Å². The van der Waals surface area contributed by atoms with Gasteiger partial charge in [0.25, 0.3) is 0 Å². The molecule has 0 spiro atoms. The van der Waals surface area contributed by atoms with E-state index in [0.717, 1.165) is 0 Å². The van der Waals surface area contributed by atoms with Crippen molar-refractivity contribution in [3.05, 3.63) is 48.0 Å². The molecule has 0 aliphatic heterocycles. The van der Waals surface area contributed by atoms with Crippen LogP contribution < -0.4 is 0 Å². The fourth-order valence-corrected chi connectivity index (χ4v) is 1.93. The molecule has 0 aliphatic rings. The molecule has 0 aromatic carbocycles. The van der Waals surface area contributed by atoms with Crippen molar-refractivity contribution >= 4 is 23.9 Å². The minimum absolute atomic E-state index is 0.0886. The van der Waals surface area contributed by atoms with Gasteiger partial charge in [0.05, 0.1) is 17.6 Å². The van der Waals surface area contributed by atoms with Gasteiger partial charge in [-0.3, -0.25) is 4.79 Å². The maximum Gasteiger partial charge on any atom is 0.514 e. The van der Waals surface area contributed by atoms with E-state index in [1.165, 1.54) is 6.92 Å². The highest BCUT2D eigenvalue weighted by atomic mass is 16.7. The highest BCUT2D eigenvalue weighted by molar-refractivity contribution is 5.94. The van der Waals surface area contributed by atoms with Crippen LogP contribution in [0.1, 0.15) is 43.9 Å². The summed E-state index contributed by atoms with van der Waals surface area (Å²) in [5, 5.41) is 0. The molecule has 2 aromatic heterocycles. The normalized spacial score (nSPS) is 12.1. The molecule has 0 saturated carbocycles. The summed E-state index contributed by atoms with van der Waals surface area (Å²) in [4.78, 5) is 26.5. The Morgan fingerprint density at radius 2 is 1.96 bits per heavy atom. The second kappa shape index (κ2) is 6.56. The van der Waals surface area contributed by atoms with E-state index < -0.39 is 11.8 Å². The third-order valence-electron chi connectivity index (χ3n) is 2.84. The van der Waals surface area contributed by atoms with Crippen molar-refractivity contribution < 1.29 is 19.1 Å². The first kappa shape index (κ1) is 16.6. The number of Topliss-reactive ketones (excluding diaryl/α,β-unsaturated/α-hetero) is 1. The number of H-pyrrole nitrogens is 1. The molecular formula is C17H20N2O4. The highest BCUT2D eigenvalue weighted by Crippen LogP contribution is 2.19. The molecule has 0 radical (unpaired) electrons. The maximum absolute atomic E-state index is 11.9. The zero-order valence-corrected chi connectivity index (χ0v) is 13.6. The van der Waals surface area contributed by atoms with Crippen molar-refractivity contribution in [2.75, 3.05) is 0 Å². The summed E-state index contributed by atoms with van der Waals surface area (Å²) in [5.41, 5.74) is 0.427. The molecule has 2 heterocycles. The third-order valence-corrected chi connectivity index (χ3v) is 2.84. The molecule has 0 aliphatic carbocycles. The van der Waals surface area contributed by atoms with Crippen LogP contribution in [0.2, 0.25) is 0 Å². The number of carbonyl (C=O) groups excluding carboxylic acids is 2. The molecule has 0 fully saturated rings. The smallest absolute Gasteiger partial charge is 0.428 e. The third kappa shape index (κ3) is 4.60. The van der Waals surface area contributed by atoms with Gasteiger partial charge in [-0.05, 0) is 45.0 Å². The molecule has 0 atom stereocenters. The quantitative estimate of drug-likeness (QED) is 0.527. The Bertz CT molecular complexity index is 718. The molecule has 1 N–H and O–H groups in total. The van der Waals surface area contributed by atoms with Gasteiger partial charge >= 0.3 is 6.16 Å². The van der Waals surface area contributed by atoms with Gasteiger partial charge in [-0.15, -0.1) is 0 Å². The fourth-order valence-electron chi connectivity index (χ4n) is 1.93. The molecule has 23 heavy (non-hydrogen) atoms. The van der Waals surface area contributed by atoms with E-state index in [9.17, 15) is 9.59 Å². The second-order valence-electron chi connectivity index (χ2n) is 6.00. The lowest BCUT2D eigenvalue weighted by Gasteiger charge is -2.19. The first-order chi connectivity index (χ1) is 10.8. The van der Waals surface area contributed by atoms with Gasteiger partial charge < -0.3 is 19.0 Å². The van der Waals surface area contributed by atoms with Crippen molar-refractivity contribution in [3.8, 4) is 0 Å². The lowest BCUT2D eigenvalue weighted by atomic mass is 10.2. The topological polar surface area (TPSA) is 73.3 Å². The number of hydrogen-bond acceptors (Lipinski definition) is 4. The molecular weight excluding hydrogens is 296 g/mol. The fraction of sp³-hybridized carbons (Fsp3) is 0.294. The number of aromatic amines is 1. The van der Waals surface area contributed by atoms with E-state index in [1.807, 2.05) is 0 Å². The number of ketones is 1. The Hall–Kier alpha value is -2.76. The zero-order chi connectivity index (χ0) is 17.0. The van der Waals surface area contributed by atoms with E-state index >= 15 is 0 Å². The monoisotopic (exact) mass is 316 g/mol. The van der Waals surface area contributed by atoms with Crippen molar-refractivity contribution in [3.63, 3.8) is 0 Å². The molecule has 2 rings (SSSR count). The molecule has 0 saturated heterocycles. The summed E-state index contributed by atoms with van der Waals surface area (Å²) in [6.45, 7) is 6.74. The van der Waals surface area contributed by atoms with Crippen LogP contribution in [0.15, 0.2) is 36.7 Å². The van der Waals surface area contributed by atoms with Crippen molar-refractivity contribution in [1.82, 2.24) is 9.55 Å². The molecule has 122 valence electrons. The minimum Gasteiger partial charge on any atom is -0.428 e. The number of aromatic nitrogens is 2. The zero-order valence-electron chi connectivity index (χ0n) is 13.6. The van der Waals surface area contributed by atoms with Crippen LogP contribution in [0, 0.1) is 0 Å². The molecule has 0 amide bonds. The minimum atomic E-state index is -0.810. The maximum atomic E-state index is 11.9. The predicted octanol–water partition coefficient (Wildman–Crippen LogP) is 3.93. The second-order valence-corrected chi connectivity index (χ2v) is 6.00. The summed E-state index contributed by atoms with van der Waals surface area (Å²) < 4.78 is 12.1. The number of rotatable bonds is 4. The van der Waals surface area contributed by atoms with Crippen LogP contribution >= 0.6 is 0 Å². The average molecular weight is 316 g/mol. The van der Waals surface area contributed by atoms with Gasteiger partial charge in [0.15, 0.2) is 11.5 Å². The van der Waals surface area contributed by atoms with Crippen LogP contribution in [0.5, 0.6) is 0 Å². The largest absolute Gasteiger partial charge is 0.514 e. The van der Waals surface area contributed by atoms with Gasteiger partial charge in [-0.2, -0.15) is 0 Å². The lowest BCUT2D eigenvalue weighted by Crippen LogP contribution is -2.24. The number of nitrogens with one attached hydrogen (secondary N) is 1. The van der Waals surface area contributed by atoms with Gasteiger partial charge in [0, 0.05) is 19.3 Å². The van der Waals surface area contributed by atoms with E-state index in [0.29, 0.717) is 11.4 Å². The highest BCUT2D eigenvalue weighted by Gasteiger charge is 2.20. The van der Waals surface area contributed by atoms with Gasteiger partial charge in [0.1, 0.15) is 5.60 Å². The SMILES string of the molecule is CC(=O)c1cccn1C=C(OC(=O)OC(C)(C)C)c1ccc[nH]1. The molecule has 6 heteroatoms. The molecule has 2 aromatic rings. The first-order valence-corrected chi connectivity index (χ1v) is 7.20. The number of ether oxygens (including phenoxy) is 2. The Labute approximate surface area is 134 Å². The van der Waals surface area contributed by atoms with E-state index in [4.69, 9.17) is 9.47 Å². The van der Waals surface area contributed by atoms with Crippen LogP contribution in [0.25, 0.3) is 12.0 Å². The standard InChI is InChI=1S/C17H20N2O4/c1-12(20)14-8-6-10-19(14)11-15(13-7-5-9-18-13)22-16(21)23-17(2,3)4/h5-11,18H,1-4H3. The van der Waals surface area contributed by atoms with Crippen LogP contribution in [-0.2, 0) is 9.47 Å². The van der Waals surface area contributed by atoms with Crippen LogP contribution in [-0.4, -0.2) is 27.1 Å². The van der Waals surface area contributed by atoms with Crippen LogP contribution in [0.3, 0.4) is 0 Å². The molecule has 0 bridgehead atoms.